The number of hydrogen-bond donors (Lipinski definition) is 5. The summed E-state index contributed by atoms with van der Waals surface area (Å²) in [7, 11) is 0. The van der Waals surface area contributed by atoms with Gasteiger partial charge < -0.3 is 35.0 Å². The summed E-state index contributed by atoms with van der Waals surface area (Å²) in [6.07, 6.45) is -8.64. The monoisotopic (exact) mass is 387 g/mol. The quantitative estimate of drug-likeness (QED) is 0.481. The van der Waals surface area contributed by atoms with Gasteiger partial charge in [-0.05, 0) is 35.4 Å². The Morgan fingerprint density at radius 1 is 0.964 bits per heavy atom. The normalized spacial score (nSPS) is 28.4. The van der Waals surface area contributed by atoms with Crippen molar-refractivity contribution in [3.8, 4) is 11.8 Å². The molecule has 0 saturated carbocycles. The van der Waals surface area contributed by atoms with Crippen molar-refractivity contribution >= 4 is 0 Å². The predicted molar refractivity (Wildman–Crippen MR) is 95.8 cm³/mol. The molecule has 1 aliphatic rings. The van der Waals surface area contributed by atoms with Gasteiger partial charge in [-0.15, -0.1) is 0 Å². The van der Waals surface area contributed by atoms with Crippen molar-refractivity contribution in [3.63, 3.8) is 0 Å². The summed E-state index contributed by atoms with van der Waals surface area (Å²) in [5.74, 6) is 0.316. The van der Waals surface area contributed by atoms with Crippen LogP contribution in [-0.2, 0) is 11.3 Å². The second kappa shape index (κ2) is 8.67. The summed E-state index contributed by atoms with van der Waals surface area (Å²) in [4.78, 5) is 0. The van der Waals surface area contributed by atoms with Crippen LogP contribution in [0.5, 0.6) is 5.75 Å². The van der Waals surface area contributed by atoms with Gasteiger partial charge in [0.2, 0.25) is 6.29 Å². The van der Waals surface area contributed by atoms with Crippen molar-refractivity contribution in [2.75, 3.05) is 0 Å². The highest BCUT2D eigenvalue weighted by Crippen LogP contribution is 2.31. The summed E-state index contributed by atoms with van der Waals surface area (Å²) in [6.45, 7) is -0.132. The van der Waals surface area contributed by atoms with Gasteiger partial charge in [0, 0.05) is 0 Å². The molecule has 5 N–H and O–H groups in total. The summed E-state index contributed by atoms with van der Waals surface area (Å²) in [5, 5.41) is 59.2. The van der Waals surface area contributed by atoms with Gasteiger partial charge in [-0.2, -0.15) is 5.26 Å². The lowest BCUT2D eigenvalue weighted by Gasteiger charge is -2.42. The van der Waals surface area contributed by atoms with Crippen molar-refractivity contribution in [2.45, 2.75) is 43.4 Å². The van der Waals surface area contributed by atoms with Gasteiger partial charge >= 0.3 is 0 Å². The number of rotatable bonds is 5. The number of hydrogen-bond acceptors (Lipinski definition) is 8. The first kappa shape index (κ1) is 20.2. The fourth-order valence-corrected chi connectivity index (χ4v) is 2.98. The van der Waals surface area contributed by atoms with E-state index in [0.717, 1.165) is 0 Å². The van der Waals surface area contributed by atoms with Crippen molar-refractivity contribution < 1.29 is 35.0 Å². The Labute approximate surface area is 161 Å². The molecule has 8 heteroatoms. The van der Waals surface area contributed by atoms with Crippen molar-refractivity contribution in [2.24, 2.45) is 0 Å². The van der Waals surface area contributed by atoms with Gasteiger partial charge in [0.05, 0.1) is 18.2 Å². The van der Waals surface area contributed by atoms with Crippen molar-refractivity contribution in [1.82, 2.24) is 0 Å². The molecule has 8 nitrogen and oxygen atoms in total. The molecule has 3 rings (SSSR count). The van der Waals surface area contributed by atoms with Gasteiger partial charge in [0.25, 0.3) is 0 Å². The third kappa shape index (κ3) is 4.15. The minimum absolute atomic E-state index is 0.132. The predicted octanol–water partition coefficient (Wildman–Crippen LogP) is -0.0294. The molecule has 28 heavy (non-hydrogen) atoms. The molecule has 2 aromatic rings. The Morgan fingerprint density at radius 3 is 2.18 bits per heavy atom. The maximum absolute atomic E-state index is 10.6. The smallest absolute Gasteiger partial charge is 0.229 e. The first-order valence-corrected chi connectivity index (χ1v) is 8.69. The van der Waals surface area contributed by atoms with E-state index in [-0.39, 0.29) is 6.61 Å². The Balaban J connectivity index is 1.77. The average molecular weight is 387 g/mol. The molecule has 0 amide bonds. The molecule has 1 heterocycles. The molecule has 148 valence electrons. The lowest BCUT2D eigenvalue weighted by Crippen LogP contribution is -2.60. The molecular weight excluding hydrogens is 366 g/mol. The van der Waals surface area contributed by atoms with Gasteiger partial charge in [-0.3, -0.25) is 0 Å². The van der Waals surface area contributed by atoms with Gasteiger partial charge in [0.15, 0.2) is 0 Å². The average Bonchev–Trinajstić information content (AvgIpc) is 2.74. The van der Waals surface area contributed by atoms with E-state index in [1.54, 1.807) is 24.3 Å². The van der Waals surface area contributed by atoms with Crippen LogP contribution in [0.25, 0.3) is 0 Å². The first-order chi connectivity index (χ1) is 13.4. The van der Waals surface area contributed by atoms with Crippen LogP contribution >= 0.6 is 0 Å². The largest absolute Gasteiger partial charge is 0.462 e. The molecule has 0 bridgehead atoms. The Kier molecular flexibility index (Phi) is 6.26. The van der Waals surface area contributed by atoms with Crippen LogP contribution in [0.3, 0.4) is 0 Å². The zero-order valence-electron chi connectivity index (χ0n) is 14.8. The fraction of sp³-hybridized carbons (Fsp3) is 0.350. The van der Waals surface area contributed by atoms with E-state index in [0.29, 0.717) is 22.4 Å². The van der Waals surface area contributed by atoms with Crippen LogP contribution in [0.4, 0.5) is 0 Å². The molecule has 1 fully saturated rings. The van der Waals surface area contributed by atoms with Crippen LogP contribution in [0.15, 0.2) is 48.5 Å². The number of benzene rings is 2. The van der Waals surface area contributed by atoms with Crippen LogP contribution in [-0.4, -0.2) is 56.2 Å². The zero-order chi connectivity index (χ0) is 20.3. The maximum atomic E-state index is 10.6. The summed E-state index contributed by atoms with van der Waals surface area (Å²) in [5.41, 5.74) is 1.45. The highest BCUT2D eigenvalue weighted by molar-refractivity contribution is 5.33. The Morgan fingerprint density at radius 2 is 1.61 bits per heavy atom. The minimum atomic E-state index is -1.60. The molecule has 2 aromatic carbocycles. The van der Waals surface area contributed by atoms with Crippen LogP contribution in [0.2, 0.25) is 0 Å². The van der Waals surface area contributed by atoms with Gasteiger partial charge in [0.1, 0.15) is 36.3 Å². The van der Waals surface area contributed by atoms with E-state index in [2.05, 4.69) is 0 Å². The van der Waals surface area contributed by atoms with Crippen LogP contribution in [0.1, 0.15) is 22.8 Å². The second-order valence-electron chi connectivity index (χ2n) is 6.54. The number of ether oxygens (including phenoxy) is 2. The van der Waals surface area contributed by atoms with Gasteiger partial charge in [-0.1, -0.05) is 24.3 Å². The SMILES string of the molecule is N#Cc1ccc(C(O)[C@H]2O[C@@H](Oc3ccc(CO)cc3)[C@H](O)[C@@H](O)[C@@H]2O)cc1. The number of aliphatic hydroxyl groups excluding tert-OH is 5. The number of nitrogens with zero attached hydrogens (tertiary/aromatic N) is 1. The molecule has 1 aliphatic heterocycles. The van der Waals surface area contributed by atoms with Crippen LogP contribution in [0, 0.1) is 11.3 Å². The lowest BCUT2D eigenvalue weighted by molar-refractivity contribution is -0.289. The highest BCUT2D eigenvalue weighted by Gasteiger charge is 2.47. The second-order valence-corrected chi connectivity index (χ2v) is 6.54. The molecule has 1 unspecified atom stereocenters. The highest BCUT2D eigenvalue weighted by atomic mass is 16.7. The summed E-state index contributed by atoms with van der Waals surface area (Å²) >= 11 is 0. The third-order valence-electron chi connectivity index (χ3n) is 4.66. The van der Waals surface area contributed by atoms with E-state index < -0.39 is 36.8 Å². The fourth-order valence-electron chi connectivity index (χ4n) is 2.98. The summed E-state index contributed by atoms with van der Waals surface area (Å²) in [6, 6.07) is 14.4. The van der Waals surface area contributed by atoms with E-state index in [4.69, 9.17) is 19.8 Å². The Bertz CT molecular complexity index is 818. The van der Waals surface area contributed by atoms with Crippen LogP contribution < -0.4 is 4.74 Å². The van der Waals surface area contributed by atoms with E-state index in [1.165, 1.54) is 24.3 Å². The van der Waals surface area contributed by atoms with Gasteiger partial charge in [-0.25, -0.2) is 0 Å². The first-order valence-electron chi connectivity index (χ1n) is 8.69. The van der Waals surface area contributed by atoms with Crippen molar-refractivity contribution in [1.29, 1.82) is 5.26 Å². The molecular formula is C20H21NO7. The third-order valence-corrected chi connectivity index (χ3v) is 4.66. The molecule has 0 radical (unpaired) electrons. The van der Waals surface area contributed by atoms with E-state index in [1.807, 2.05) is 6.07 Å². The standard InChI is InChI=1S/C20H21NO7/c21-9-11-1-5-13(6-2-11)15(23)19-17(25)16(24)18(26)20(28-19)27-14-7-3-12(10-22)4-8-14/h1-8,15-20,22-26H,10H2/t15?,16-,17-,18+,19+,20+/m0/s1. The maximum Gasteiger partial charge on any atom is 0.229 e. The summed E-state index contributed by atoms with van der Waals surface area (Å²) < 4.78 is 11.1. The zero-order valence-corrected chi connectivity index (χ0v) is 14.8. The molecule has 0 spiro atoms. The molecule has 1 saturated heterocycles. The molecule has 0 aromatic heterocycles. The van der Waals surface area contributed by atoms with Crippen molar-refractivity contribution in [3.05, 3.63) is 65.2 Å². The topological polar surface area (TPSA) is 143 Å². The Hall–Kier alpha value is -2.51. The molecule has 6 atom stereocenters. The number of nitriles is 1. The molecule has 0 aliphatic carbocycles. The minimum Gasteiger partial charge on any atom is -0.462 e. The number of aliphatic hydroxyl groups is 5. The van der Waals surface area contributed by atoms with E-state index >= 15 is 0 Å². The lowest BCUT2D eigenvalue weighted by atomic mass is 9.92. The van der Waals surface area contributed by atoms with E-state index in [9.17, 15) is 20.4 Å².